The first-order valence-electron chi connectivity index (χ1n) is 5.56. The van der Waals surface area contributed by atoms with Gasteiger partial charge in [0.1, 0.15) is 0 Å². The smallest absolute Gasteiger partial charge is 0.279 e. The Morgan fingerprint density at radius 2 is 2.05 bits per heavy atom. The van der Waals surface area contributed by atoms with Crippen LogP contribution in [0.2, 0.25) is 5.02 Å². The maximum Gasteiger partial charge on any atom is 0.279 e. The Morgan fingerprint density at radius 3 is 2.65 bits per heavy atom. The summed E-state index contributed by atoms with van der Waals surface area (Å²) in [5, 5.41) is -0.397. The number of hydrogen-bond acceptors (Lipinski definition) is 4. The van der Waals surface area contributed by atoms with Crippen LogP contribution in [0.25, 0.3) is 0 Å². The van der Waals surface area contributed by atoms with E-state index in [2.05, 4.69) is 9.71 Å². The van der Waals surface area contributed by atoms with Crippen molar-refractivity contribution < 1.29 is 12.8 Å². The molecule has 2 rings (SSSR count). The van der Waals surface area contributed by atoms with Gasteiger partial charge in [-0.3, -0.25) is 4.72 Å². The molecule has 1 aromatic heterocycles. The number of pyridine rings is 1. The molecular weight excluding hydrogens is 305 g/mol. The van der Waals surface area contributed by atoms with Crippen LogP contribution < -0.4 is 10.5 Å². The van der Waals surface area contributed by atoms with Crippen molar-refractivity contribution in [3.63, 3.8) is 0 Å². The quantitative estimate of drug-likeness (QED) is 0.905. The Kier molecular flexibility index (Phi) is 4.22. The molecule has 1 heterocycles. The van der Waals surface area contributed by atoms with Gasteiger partial charge in [0.25, 0.3) is 10.0 Å². The molecule has 0 aliphatic rings. The maximum absolute atomic E-state index is 13.7. The number of halogens is 2. The van der Waals surface area contributed by atoms with Crippen molar-refractivity contribution in [2.75, 3.05) is 4.72 Å². The summed E-state index contributed by atoms with van der Waals surface area (Å²) in [6.07, 6.45) is 1.35. The number of hydrogen-bond donors (Lipinski definition) is 2. The molecule has 0 radical (unpaired) electrons. The second kappa shape index (κ2) is 5.74. The summed E-state index contributed by atoms with van der Waals surface area (Å²) in [5.74, 6) is -0.837. The molecule has 1 aromatic carbocycles. The van der Waals surface area contributed by atoms with E-state index in [1.54, 1.807) is 0 Å². The highest BCUT2D eigenvalue weighted by atomic mass is 35.5. The normalized spacial score (nSPS) is 11.3. The Labute approximate surface area is 120 Å². The molecule has 0 unspecified atom stereocenters. The second-order valence-electron chi connectivity index (χ2n) is 3.92. The van der Waals surface area contributed by atoms with E-state index in [1.807, 2.05) is 0 Å². The Hall–Kier alpha value is -1.70. The minimum atomic E-state index is -3.98. The highest BCUT2D eigenvalue weighted by Gasteiger charge is 2.18. The van der Waals surface area contributed by atoms with Crippen LogP contribution >= 0.6 is 11.6 Å². The summed E-state index contributed by atoms with van der Waals surface area (Å²) in [4.78, 5) is 3.78. The number of anilines is 1. The van der Waals surface area contributed by atoms with Gasteiger partial charge in [0, 0.05) is 12.7 Å². The van der Waals surface area contributed by atoms with Crippen molar-refractivity contribution >= 4 is 27.3 Å². The number of benzene rings is 1. The van der Waals surface area contributed by atoms with E-state index in [9.17, 15) is 12.8 Å². The number of sulfonamides is 1. The van der Waals surface area contributed by atoms with E-state index in [0.29, 0.717) is 5.56 Å². The van der Waals surface area contributed by atoms with Gasteiger partial charge in [-0.15, -0.1) is 0 Å². The molecule has 0 amide bonds. The third kappa shape index (κ3) is 3.06. The molecular formula is C12H11ClFN3O2S. The molecule has 0 fully saturated rings. The largest absolute Gasteiger partial charge is 0.326 e. The number of rotatable bonds is 4. The molecule has 8 heteroatoms. The second-order valence-corrected chi connectivity index (χ2v) is 5.95. The van der Waals surface area contributed by atoms with E-state index in [-0.39, 0.29) is 22.3 Å². The molecule has 0 spiro atoms. The van der Waals surface area contributed by atoms with Gasteiger partial charge in [0.05, 0.1) is 10.7 Å². The van der Waals surface area contributed by atoms with Gasteiger partial charge < -0.3 is 5.73 Å². The molecule has 0 saturated carbocycles. The predicted molar refractivity (Wildman–Crippen MR) is 74.3 cm³/mol. The first-order chi connectivity index (χ1) is 9.44. The predicted octanol–water partition coefficient (Wildman–Crippen LogP) is 2.13. The fourth-order valence-corrected chi connectivity index (χ4v) is 2.64. The van der Waals surface area contributed by atoms with Crippen LogP contribution in [0.1, 0.15) is 5.56 Å². The zero-order valence-electron chi connectivity index (χ0n) is 10.2. The van der Waals surface area contributed by atoms with Crippen LogP contribution in [0.3, 0.4) is 0 Å². The number of nitrogens with one attached hydrogen (secondary N) is 1. The molecule has 0 saturated heterocycles. The van der Waals surface area contributed by atoms with Gasteiger partial charge in [-0.25, -0.2) is 9.37 Å². The first kappa shape index (κ1) is 14.7. The summed E-state index contributed by atoms with van der Waals surface area (Å²) in [7, 11) is -3.98. The van der Waals surface area contributed by atoms with Gasteiger partial charge in [0.2, 0.25) is 0 Å². The summed E-state index contributed by atoms with van der Waals surface area (Å²) in [6.45, 7) is 0.254. The van der Waals surface area contributed by atoms with Gasteiger partial charge in [-0.05, 0) is 23.8 Å². The summed E-state index contributed by atoms with van der Waals surface area (Å²) < 4.78 is 39.9. The van der Waals surface area contributed by atoms with Crippen LogP contribution in [0.5, 0.6) is 0 Å². The highest BCUT2D eigenvalue weighted by molar-refractivity contribution is 7.92. The van der Waals surface area contributed by atoms with E-state index >= 15 is 0 Å². The summed E-state index contributed by atoms with van der Waals surface area (Å²) in [5.41, 5.74) is 5.86. The first-order valence-corrected chi connectivity index (χ1v) is 7.42. The topological polar surface area (TPSA) is 85.1 Å². The lowest BCUT2D eigenvalue weighted by Gasteiger charge is -2.09. The fourth-order valence-electron chi connectivity index (χ4n) is 1.47. The zero-order chi connectivity index (χ0) is 14.8. The molecule has 2 aromatic rings. The molecule has 0 atom stereocenters. The van der Waals surface area contributed by atoms with Crippen molar-refractivity contribution in [2.45, 2.75) is 11.6 Å². The van der Waals surface area contributed by atoms with Crippen LogP contribution in [0.15, 0.2) is 41.6 Å². The minimum absolute atomic E-state index is 0.170. The highest BCUT2D eigenvalue weighted by Crippen LogP contribution is 2.24. The molecule has 106 valence electrons. The summed E-state index contributed by atoms with van der Waals surface area (Å²) in [6, 6.07) is 6.87. The Morgan fingerprint density at radius 1 is 1.30 bits per heavy atom. The minimum Gasteiger partial charge on any atom is -0.326 e. The van der Waals surface area contributed by atoms with Crippen LogP contribution in [0.4, 0.5) is 10.1 Å². The van der Waals surface area contributed by atoms with Crippen molar-refractivity contribution in [3.05, 3.63) is 52.9 Å². The van der Waals surface area contributed by atoms with Gasteiger partial charge in [0.15, 0.2) is 10.8 Å². The molecule has 20 heavy (non-hydrogen) atoms. The van der Waals surface area contributed by atoms with Crippen molar-refractivity contribution in [3.8, 4) is 0 Å². The van der Waals surface area contributed by atoms with Gasteiger partial charge in [-0.1, -0.05) is 23.7 Å². The van der Waals surface area contributed by atoms with Crippen molar-refractivity contribution in [1.29, 1.82) is 0 Å². The molecule has 3 N–H and O–H groups in total. The lowest BCUT2D eigenvalue weighted by atomic mass is 10.3. The maximum atomic E-state index is 13.7. The fraction of sp³-hybridized carbons (Fsp3) is 0.0833. The Bertz CT molecular complexity index is 720. The van der Waals surface area contributed by atoms with Gasteiger partial charge >= 0.3 is 0 Å². The van der Waals surface area contributed by atoms with E-state index < -0.39 is 15.8 Å². The molecule has 0 aliphatic heterocycles. The van der Waals surface area contributed by atoms with Crippen molar-refractivity contribution in [2.24, 2.45) is 5.73 Å². The van der Waals surface area contributed by atoms with E-state index in [4.69, 9.17) is 17.3 Å². The standard InChI is InChI=1S/C12H11ClFN3O2S/c13-9-2-1-3-10(12(9)14)17-20(18,19)11-5-4-8(6-15)7-16-11/h1-5,7,17H,6,15H2. The van der Waals surface area contributed by atoms with E-state index in [0.717, 1.165) is 0 Å². The number of nitrogens with zero attached hydrogens (tertiary/aromatic N) is 1. The SMILES string of the molecule is NCc1ccc(S(=O)(=O)Nc2cccc(Cl)c2F)nc1. The van der Waals surface area contributed by atoms with Crippen LogP contribution in [0, 0.1) is 5.82 Å². The van der Waals surface area contributed by atoms with Gasteiger partial charge in [-0.2, -0.15) is 8.42 Å². The average Bonchev–Trinajstić information content (AvgIpc) is 2.44. The molecule has 5 nitrogen and oxygen atoms in total. The third-order valence-corrected chi connectivity index (χ3v) is 4.08. The average molecular weight is 316 g/mol. The number of nitrogens with two attached hydrogens (primary N) is 1. The number of aromatic nitrogens is 1. The van der Waals surface area contributed by atoms with Crippen LogP contribution in [-0.4, -0.2) is 13.4 Å². The Balaban J connectivity index is 2.33. The van der Waals surface area contributed by atoms with Crippen molar-refractivity contribution in [1.82, 2.24) is 4.98 Å². The molecule has 0 bridgehead atoms. The summed E-state index contributed by atoms with van der Waals surface area (Å²) >= 11 is 5.59. The lowest BCUT2D eigenvalue weighted by Crippen LogP contribution is -2.15. The van der Waals surface area contributed by atoms with E-state index in [1.165, 1.54) is 36.5 Å². The lowest BCUT2D eigenvalue weighted by molar-refractivity contribution is 0.595. The zero-order valence-corrected chi connectivity index (χ0v) is 11.7. The monoisotopic (exact) mass is 315 g/mol. The van der Waals surface area contributed by atoms with Crippen LogP contribution in [-0.2, 0) is 16.6 Å². The molecule has 0 aliphatic carbocycles. The third-order valence-electron chi connectivity index (χ3n) is 2.50.